The molecular formula is C22H37N3O2. The van der Waals surface area contributed by atoms with E-state index in [1.54, 1.807) is 0 Å². The zero-order chi connectivity index (χ0) is 20.4. The molecule has 0 aromatic carbocycles. The number of nitrogens with zero attached hydrogens (tertiary/aromatic N) is 3. The fraction of sp³-hybridized carbons (Fsp3) is 0.818. The summed E-state index contributed by atoms with van der Waals surface area (Å²) in [6.45, 7) is 22.5. The largest absolute Gasteiger partial charge is 0.448 e. The van der Waals surface area contributed by atoms with Crippen molar-refractivity contribution in [2.24, 2.45) is 21.2 Å². The van der Waals surface area contributed by atoms with Gasteiger partial charge in [-0.1, -0.05) is 62.3 Å². The molecule has 2 atom stereocenters. The van der Waals surface area contributed by atoms with Crippen LogP contribution in [0.4, 0.5) is 4.79 Å². The molecule has 0 aromatic heterocycles. The summed E-state index contributed by atoms with van der Waals surface area (Å²) >= 11 is 0. The molecule has 1 amide bonds. The number of rotatable bonds is 1. The van der Waals surface area contributed by atoms with Gasteiger partial charge in [0, 0.05) is 24.1 Å². The van der Waals surface area contributed by atoms with Gasteiger partial charge in [0.1, 0.15) is 12.4 Å². The maximum absolute atomic E-state index is 12.2. The Balaban J connectivity index is 2.12. The minimum Gasteiger partial charge on any atom is -0.448 e. The normalized spacial score (nSPS) is 27.1. The first kappa shape index (κ1) is 20.2. The molecule has 2 saturated heterocycles. The van der Waals surface area contributed by atoms with Crippen LogP contribution < -0.4 is 0 Å². The summed E-state index contributed by atoms with van der Waals surface area (Å²) < 4.78 is 5.22. The highest BCUT2D eigenvalue weighted by molar-refractivity contribution is 5.91. The number of cyclic esters (lactones) is 1. The Morgan fingerprint density at radius 1 is 1.00 bits per heavy atom. The predicted octanol–water partition coefficient (Wildman–Crippen LogP) is 4.69. The smallest absolute Gasteiger partial charge is 0.410 e. The molecule has 3 aliphatic heterocycles. The second-order valence-corrected chi connectivity index (χ2v) is 11.4. The minimum absolute atomic E-state index is 0.0266. The number of hydrogen-bond donors (Lipinski definition) is 0. The first-order valence-electron chi connectivity index (χ1n) is 10.2. The average Bonchev–Trinajstić information content (AvgIpc) is 3.07. The summed E-state index contributed by atoms with van der Waals surface area (Å²) in [5, 5.41) is 0. The van der Waals surface area contributed by atoms with Crippen molar-refractivity contribution < 1.29 is 9.53 Å². The fourth-order valence-electron chi connectivity index (χ4n) is 4.62. The molecule has 2 fully saturated rings. The summed E-state index contributed by atoms with van der Waals surface area (Å²) in [5.74, 6) is 1.15. The maximum Gasteiger partial charge on any atom is 0.410 e. The van der Waals surface area contributed by atoms with Crippen LogP contribution >= 0.6 is 0 Å². The first-order valence-corrected chi connectivity index (χ1v) is 10.2. The van der Waals surface area contributed by atoms with E-state index >= 15 is 0 Å². The number of ether oxygens (including phenoxy) is 1. The Labute approximate surface area is 164 Å². The van der Waals surface area contributed by atoms with Crippen LogP contribution in [0.15, 0.2) is 16.3 Å². The SMILES string of the molecule is CC(C)(C)C1=NC(C(C)(C)C)C(C(C)(C)C)=C2CC(N3CCOC3=O)CN12. The number of carbonyl (C=O) groups excluding carboxylic acids is 1. The third-order valence-corrected chi connectivity index (χ3v) is 5.77. The van der Waals surface area contributed by atoms with Crippen molar-refractivity contribution in [1.82, 2.24) is 9.80 Å². The number of carbonyl (C=O) groups is 1. The topological polar surface area (TPSA) is 45.1 Å². The van der Waals surface area contributed by atoms with Crippen molar-refractivity contribution in [3.8, 4) is 0 Å². The predicted molar refractivity (Wildman–Crippen MR) is 110 cm³/mol. The molecule has 152 valence electrons. The molecule has 3 rings (SSSR count). The Kier molecular flexibility index (Phi) is 4.68. The van der Waals surface area contributed by atoms with E-state index in [1.165, 1.54) is 11.3 Å². The Morgan fingerprint density at radius 3 is 2.07 bits per heavy atom. The molecule has 5 heteroatoms. The monoisotopic (exact) mass is 375 g/mol. The summed E-state index contributed by atoms with van der Waals surface area (Å²) in [7, 11) is 0. The van der Waals surface area contributed by atoms with Crippen LogP contribution in [0.25, 0.3) is 0 Å². The van der Waals surface area contributed by atoms with Gasteiger partial charge in [-0.2, -0.15) is 0 Å². The van der Waals surface area contributed by atoms with Gasteiger partial charge in [-0.05, 0) is 16.4 Å². The molecule has 3 aliphatic rings. The molecule has 0 saturated carbocycles. The van der Waals surface area contributed by atoms with Crippen LogP contribution in [0.2, 0.25) is 0 Å². The van der Waals surface area contributed by atoms with Crippen molar-refractivity contribution in [1.29, 1.82) is 0 Å². The second-order valence-electron chi connectivity index (χ2n) is 11.4. The van der Waals surface area contributed by atoms with Gasteiger partial charge in [0.15, 0.2) is 0 Å². The fourth-order valence-corrected chi connectivity index (χ4v) is 4.62. The van der Waals surface area contributed by atoms with Crippen LogP contribution in [0.5, 0.6) is 0 Å². The lowest BCUT2D eigenvalue weighted by atomic mass is 9.70. The third kappa shape index (κ3) is 3.62. The molecule has 0 spiro atoms. The van der Waals surface area contributed by atoms with Gasteiger partial charge in [-0.3, -0.25) is 9.89 Å². The number of hydrogen-bond acceptors (Lipinski definition) is 4. The van der Waals surface area contributed by atoms with Gasteiger partial charge in [-0.25, -0.2) is 4.79 Å². The number of fused-ring (bicyclic) bond motifs is 1. The molecular weight excluding hydrogens is 338 g/mol. The second kappa shape index (κ2) is 6.25. The molecule has 0 bridgehead atoms. The van der Waals surface area contributed by atoms with E-state index in [-0.39, 0.29) is 34.4 Å². The van der Waals surface area contributed by atoms with E-state index in [0.29, 0.717) is 13.2 Å². The lowest BCUT2D eigenvalue weighted by molar-refractivity contribution is 0.149. The van der Waals surface area contributed by atoms with Crippen molar-refractivity contribution in [2.75, 3.05) is 19.7 Å². The molecule has 0 N–H and O–H groups in total. The zero-order valence-electron chi connectivity index (χ0n) is 18.6. The van der Waals surface area contributed by atoms with Gasteiger partial charge in [0.05, 0.1) is 18.6 Å². The summed E-state index contributed by atoms with van der Waals surface area (Å²) in [4.78, 5) is 21.9. The number of amidine groups is 1. The highest BCUT2D eigenvalue weighted by atomic mass is 16.6. The average molecular weight is 376 g/mol. The molecule has 2 unspecified atom stereocenters. The molecule has 5 nitrogen and oxygen atoms in total. The molecule has 0 aromatic rings. The van der Waals surface area contributed by atoms with Crippen molar-refractivity contribution in [2.45, 2.75) is 80.8 Å². The number of aliphatic imine (C=N–C) groups is 1. The standard InChI is InChI=1S/C22H37N3O2/c1-20(2,3)16-15-12-14(24-10-11-27-19(24)26)13-25(15)18(22(7,8)9)23-17(16)21(4,5)6/h14,17H,10-13H2,1-9H3. The minimum atomic E-state index is -0.167. The van der Waals surface area contributed by atoms with Crippen LogP contribution in [-0.2, 0) is 4.74 Å². The lowest BCUT2D eigenvalue weighted by Gasteiger charge is -2.45. The van der Waals surface area contributed by atoms with Crippen LogP contribution in [0.1, 0.15) is 68.7 Å². The lowest BCUT2D eigenvalue weighted by Crippen LogP contribution is -2.47. The summed E-state index contributed by atoms with van der Waals surface area (Å²) in [6, 6.07) is 0.320. The van der Waals surface area contributed by atoms with Crippen molar-refractivity contribution in [3.05, 3.63) is 11.3 Å². The van der Waals surface area contributed by atoms with Crippen LogP contribution in [0, 0.1) is 16.2 Å². The Morgan fingerprint density at radius 2 is 1.63 bits per heavy atom. The van der Waals surface area contributed by atoms with E-state index in [0.717, 1.165) is 18.8 Å². The van der Waals surface area contributed by atoms with Crippen molar-refractivity contribution >= 4 is 11.9 Å². The van der Waals surface area contributed by atoms with Gasteiger partial charge in [0.25, 0.3) is 0 Å². The highest BCUT2D eigenvalue weighted by Gasteiger charge is 2.48. The van der Waals surface area contributed by atoms with Gasteiger partial charge in [0.2, 0.25) is 0 Å². The van der Waals surface area contributed by atoms with Gasteiger partial charge in [-0.15, -0.1) is 0 Å². The van der Waals surface area contributed by atoms with E-state index in [2.05, 4.69) is 67.2 Å². The quantitative estimate of drug-likeness (QED) is 0.668. The Hall–Kier alpha value is -1.52. The molecule has 3 heterocycles. The number of amides is 1. The van der Waals surface area contributed by atoms with E-state index in [9.17, 15) is 4.79 Å². The van der Waals surface area contributed by atoms with E-state index in [1.807, 2.05) is 4.90 Å². The Bertz CT molecular complexity index is 686. The van der Waals surface area contributed by atoms with Crippen LogP contribution in [0.3, 0.4) is 0 Å². The third-order valence-electron chi connectivity index (χ3n) is 5.77. The first-order chi connectivity index (χ1) is 12.2. The van der Waals surface area contributed by atoms with Crippen molar-refractivity contribution in [3.63, 3.8) is 0 Å². The van der Waals surface area contributed by atoms with E-state index in [4.69, 9.17) is 9.73 Å². The zero-order valence-corrected chi connectivity index (χ0v) is 18.6. The summed E-state index contributed by atoms with van der Waals surface area (Å²) in [6.07, 6.45) is 0.725. The molecule has 27 heavy (non-hydrogen) atoms. The highest BCUT2D eigenvalue weighted by Crippen LogP contribution is 2.48. The van der Waals surface area contributed by atoms with Crippen LogP contribution in [-0.4, -0.2) is 53.5 Å². The molecule has 0 radical (unpaired) electrons. The van der Waals surface area contributed by atoms with E-state index < -0.39 is 0 Å². The van der Waals surface area contributed by atoms with Gasteiger partial charge < -0.3 is 9.64 Å². The summed E-state index contributed by atoms with van der Waals surface area (Å²) in [5.41, 5.74) is 2.84. The van der Waals surface area contributed by atoms with Gasteiger partial charge >= 0.3 is 6.09 Å². The maximum atomic E-state index is 12.2. The molecule has 0 aliphatic carbocycles.